The van der Waals surface area contributed by atoms with E-state index in [4.69, 9.17) is 22.3 Å². The fourth-order valence-corrected chi connectivity index (χ4v) is 5.13. The van der Waals surface area contributed by atoms with Gasteiger partial charge in [0.05, 0.1) is 17.3 Å². The number of hydrogen-bond donors (Lipinski definition) is 11. The molecule has 22 nitrogen and oxygen atoms in total. The van der Waals surface area contributed by atoms with Crippen LogP contribution in [0, 0.1) is 11.8 Å². The van der Waals surface area contributed by atoms with Crippen molar-refractivity contribution in [3.63, 3.8) is 0 Å². The average Bonchev–Trinajstić information content (AvgIpc) is 3.07. The van der Waals surface area contributed by atoms with Crippen molar-refractivity contribution in [3.8, 4) is 0 Å². The van der Waals surface area contributed by atoms with Gasteiger partial charge in [0.25, 0.3) is 16.7 Å². The second kappa shape index (κ2) is 15.6. The molecule has 0 saturated carbocycles. The number of carbonyl (C=O) groups is 3. The van der Waals surface area contributed by atoms with Crippen LogP contribution in [0.1, 0.15) is 42.4 Å². The Morgan fingerprint density at radius 2 is 1.12 bits per heavy atom. The number of aliphatic hydroxyl groups excluding tert-OH is 3. The summed E-state index contributed by atoms with van der Waals surface area (Å²) in [5.74, 6) is -1.14. The van der Waals surface area contributed by atoms with Crippen LogP contribution in [0.3, 0.4) is 0 Å². The molecule has 0 aliphatic carbocycles. The molecule has 0 aromatic carbocycles. The van der Waals surface area contributed by atoms with Gasteiger partial charge in [0, 0.05) is 24.9 Å². The Labute approximate surface area is 286 Å². The highest BCUT2D eigenvalue weighted by atomic mass is 16.3. The highest BCUT2D eigenvalue weighted by Gasteiger charge is 2.30. The van der Waals surface area contributed by atoms with Crippen LogP contribution < -0.4 is 44.5 Å². The molecule has 2 aliphatic heterocycles. The molecule has 2 aliphatic rings. The molecular weight excluding hydrogens is 674 g/mol. The quantitative estimate of drug-likeness (QED) is 0.0869. The molecule has 0 saturated heterocycles. The number of hydrogen-bond acceptors (Lipinski definition) is 19. The van der Waals surface area contributed by atoms with Crippen LogP contribution in [0.5, 0.6) is 0 Å². The first kappa shape index (κ1) is 37.7. The smallest absolute Gasteiger partial charge is 0.280 e. The molecule has 0 radical (unpaired) electrons. The van der Waals surface area contributed by atoms with Gasteiger partial charge >= 0.3 is 0 Å². The molecular formula is C29H37N13O9. The maximum atomic E-state index is 11.6. The van der Waals surface area contributed by atoms with Gasteiger partial charge in [-0.1, -0.05) is 0 Å². The molecule has 272 valence electrons. The lowest BCUT2D eigenvalue weighted by Crippen LogP contribution is -2.38. The highest BCUT2D eigenvalue weighted by molar-refractivity contribution is 5.98. The lowest BCUT2D eigenvalue weighted by atomic mass is 9.91. The van der Waals surface area contributed by atoms with Gasteiger partial charge < -0.3 is 43.2 Å². The largest absolute Gasteiger partial charge is 0.386 e. The molecule has 0 amide bonds. The molecule has 14 N–H and O–H groups in total. The Morgan fingerprint density at radius 3 is 1.55 bits per heavy atom. The first-order valence-corrected chi connectivity index (χ1v) is 15.4. The fraction of sp³-hybridized carbons (Fsp3) is 0.414. The van der Waals surface area contributed by atoms with Crippen LogP contribution in [0.2, 0.25) is 0 Å². The summed E-state index contributed by atoms with van der Waals surface area (Å²) in [5, 5.41) is 33.4. The van der Waals surface area contributed by atoms with Crippen molar-refractivity contribution < 1.29 is 29.7 Å². The topological polar surface area (TPSA) is 377 Å². The minimum atomic E-state index is -1.21. The van der Waals surface area contributed by atoms with E-state index in [2.05, 4.69) is 50.5 Å². The SMILES string of the molecule is C[C@H](O)C(=O)[C@@H]1CNc2nc(N)[nH]c(=O)c2C1.C[C@H](O)C(=O)[C@H]1CNc2nc(N)[nH]c(=O)c2C1.C[C@H](O)C(=O)c1cnc2nc(N)[nH]c(=O)c2n1. The number of aromatic amines is 3. The Bertz CT molecular complexity index is 2050. The molecule has 0 fully saturated rings. The third-order valence-corrected chi connectivity index (χ3v) is 7.70. The predicted molar refractivity (Wildman–Crippen MR) is 182 cm³/mol. The minimum absolute atomic E-state index is 0.0431. The van der Waals surface area contributed by atoms with E-state index in [1.807, 2.05) is 0 Å². The number of carbonyl (C=O) groups excluding carboxylic acids is 3. The van der Waals surface area contributed by atoms with E-state index in [-0.39, 0.29) is 70.2 Å². The maximum Gasteiger partial charge on any atom is 0.280 e. The summed E-state index contributed by atoms with van der Waals surface area (Å²) in [5.41, 5.74) is 15.6. The second-order valence-corrected chi connectivity index (χ2v) is 11.7. The lowest BCUT2D eigenvalue weighted by molar-refractivity contribution is -0.130. The molecule has 4 aromatic rings. The van der Waals surface area contributed by atoms with E-state index in [0.717, 1.165) is 6.20 Å². The highest BCUT2D eigenvalue weighted by Crippen LogP contribution is 2.22. The van der Waals surface area contributed by atoms with E-state index < -0.39 is 41.5 Å². The Balaban J connectivity index is 0.000000172. The lowest BCUT2D eigenvalue weighted by Gasteiger charge is -2.24. The molecule has 6 heterocycles. The summed E-state index contributed by atoms with van der Waals surface area (Å²) in [6, 6.07) is 0. The molecule has 5 atom stereocenters. The number of nitrogen functional groups attached to an aromatic ring is 3. The van der Waals surface area contributed by atoms with Crippen LogP contribution in [0.15, 0.2) is 20.6 Å². The number of aromatic nitrogens is 8. The van der Waals surface area contributed by atoms with Gasteiger partial charge in [-0.3, -0.25) is 43.7 Å². The van der Waals surface area contributed by atoms with Gasteiger partial charge in [0.1, 0.15) is 35.6 Å². The fourth-order valence-electron chi connectivity index (χ4n) is 5.13. The number of fused-ring (bicyclic) bond motifs is 3. The molecule has 4 aromatic heterocycles. The van der Waals surface area contributed by atoms with Crippen molar-refractivity contribution in [2.75, 3.05) is 40.9 Å². The number of aliphatic hydroxyl groups is 3. The third kappa shape index (κ3) is 8.92. The monoisotopic (exact) mass is 711 g/mol. The standard InChI is InChI=1S/2C10H14N4O3.C9H9N5O3/c2*1-4(15)7(16)5-2-6-8(12-3-5)13-10(11)14-9(6)17;1-3(15)6(16)4-2-11-7-5(12-4)8(17)14-9(10)13-7/h2*4-5,15H,2-3H2,1H3,(H4,11,12,13,14,17);2-3,15H,1H3,(H3,10,11,13,14,17)/t4-,5+;4-,5-;3-/m000/s1. The van der Waals surface area contributed by atoms with Crippen molar-refractivity contribution in [1.29, 1.82) is 0 Å². The number of anilines is 5. The van der Waals surface area contributed by atoms with E-state index in [9.17, 15) is 39.0 Å². The average molecular weight is 712 g/mol. The van der Waals surface area contributed by atoms with Crippen LogP contribution >= 0.6 is 0 Å². The summed E-state index contributed by atoms with van der Waals surface area (Å²) in [6.07, 6.45) is -1.57. The normalized spacial score (nSPS) is 17.7. The summed E-state index contributed by atoms with van der Waals surface area (Å²) in [4.78, 5) is 95.8. The second-order valence-electron chi connectivity index (χ2n) is 11.7. The van der Waals surface area contributed by atoms with Gasteiger partial charge in [-0.2, -0.15) is 15.0 Å². The van der Waals surface area contributed by atoms with Crippen molar-refractivity contribution in [2.24, 2.45) is 11.8 Å². The molecule has 0 bridgehead atoms. The van der Waals surface area contributed by atoms with E-state index in [0.29, 0.717) is 35.9 Å². The third-order valence-electron chi connectivity index (χ3n) is 7.70. The van der Waals surface area contributed by atoms with Crippen molar-refractivity contribution in [1.82, 2.24) is 39.9 Å². The number of rotatable bonds is 6. The first-order valence-electron chi connectivity index (χ1n) is 15.4. The number of nitrogens with one attached hydrogen (secondary N) is 5. The molecule has 0 unspecified atom stereocenters. The summed E-state index contributed by atoms with van der Waals surface area (Å²) < 4.78 is 0. The number of ketones is 3. The number of H-pyrrole nitrogens is 3. The van der Waals surface area contributed by atoms with E-state index >= 15 is 0 Å². The Kier molecular flexibility index (Phi) is 11.5. The van der Waals surface area contributed by atoms with Gasteiger partial charge in [-0.05, 0) is 33.6 Å². The Morgan fingerprint density at radius 1 is 0.686 bits per heavy atom. The van der Waals surface area contributed by atoms with Crippen molar-refractivity contribution in [2.45, 2.75) is 51.9 Å². The number of Topliss-reactive ketones (excluding diaryl/α,β-unsaturated/α-hetero) is 3. The zero-order valence-electron chi connectivity index (χ0n) is 27.6. The summed E-state index contributed by atoms with van der Waals surface area (Å²) in [6.45, 7) is 4.85. The minimum Gasteiger partial charge on any atom is -0.386 e. The van der Waals surface area contributed by atoms with Crippen molar-refractivity contribution in [3.05, 3.63) is 54.1 Å². The molecule has 51 heavy (non-hydrogen) atoms. The van der Waals surface area contributed by atoms with Gasteiger partial charge in [-0.15, -0.1) is 0 Å². The van der Waals surface area contributed by atoms with Crippen molar-refractivity contribution >= 4 is 58.0 Å². The number of nitrogens with zero attached hydrogens (tertiary/aromatic N) is 5. The zero-order valence-corrected chi connectivity index (χ0v) is 27.6. The molecule has 22 heteroatoms. The zero-order chi connectivity index (χ0) is 37.7. The predicted octanol–water partition coefficient (Wildman–Crippen LogP) is -3.37. The molecule has 6 rings (SSSR count). The summed E-state index contributed by atoms with van der Waals surface area (Å²) >= 11 is 0. The van der Waals surface area contributed by atoms with E-state index in [1.165, 1.54) is 20.8 Å². The van der Waals surface area contributed by atoms with Gasteiger partial charge in [0.2, 0.25) is 23.6 Å². The summed E-state index contributed by atoms with van der Waals surface area (Å²) in [7, 11) is 0. The number of nitrogens with two attached hydrogens (primary N) is 3. The van der Waals surface area contributed by atoms with Crippen LogP contribution in [0.25, 0.3) is 11.2 Å². The van der Waals surface area contributed by atoms with Crippen LogP contribution in [-0.4, -0.2) is 104 Å². The van der Waals surface area contributed by atoms with Crippen LogP contribution in [-0.2, 0) is 22.4 Å². The first-order chi connectivity index (χ1) is 24.0. The van der Waals surface area contributed by atoms with Gasteiger partial charge in [0.15, 0.2) is 22.7 Å². The Hall–Kier alpha value is -6.13. The van der Waals surface area contributed by atoms with E-state index in [1.54, 1.807) is 0 Å². The maximum absolute atomic E-state index is 11.6. The van der Waals surface area contributed by atoms with Crippen LogP contribution in [0.4, 0.5) is 29.5 Å². The van der Waals surface area contributed by atoms with Gasteiger partial charge in [-0.25, -0.2) is 9.97 Å². The molecule has 0 spiro atoms.